The Morgan fingerprint density at radius 2 is 2.07 bits per heavy atom. The lowest BCUT2D eigenvalue weighted by atomic mass is 9.99. The lowest BCUT2D eigenvalue weighted by molar-refractivity contribution is -0.129. The van der Waals surface area contributed by atoms with Gasteiger partial charge in [-0.1, -0.05) is 0 Å². The van der Waals surface area contributed by atoms with E-state index in [2.05, 4.69) is 5.32 Å². The number of carbonyl (C=O) groups excluding carboxylic acids is 1. The number of aliphatic hydroxyl groups excluding tert-OH is 1. The third-order valence-corrected chi connectivity index (χ3v) is 2.64. The highest BCUT2D eigenvalue weighted by molar-refractivity contribution is 5.77. The highest BCUT2D eigenvalue weighted by Crippen LogP contribution is 2.07. The summed E-state index contributed by atoms with van der Waals surface area (Å²) in [4.78, 5) is 13.1. The van der Waals surface area contributed by atoms with Crippen molar-refractivity contribution in [2.75, 3.05) is 20.1 Å². The summed E-state index contributed by atoms with van der Waals surface area (Å²) in [7, 11) is 1.76. The van der Waals surface area contributed by atoms with Crippen molar-refractivity contribution in [3.63, 3.8) is 0 Å². The molecule has 0 aromatic carbocycles. The van der Waals surface area contributed by atoms with E-state index in [4.69, 9.17) is 0 Å². The molecular formula is C10H22N2O2. The normalized spacial score (nSPS) is 13.9. The predicted molar refractivity (Wildman–Crippen MR) is 57.1 cm³/mol. The second kappa shape index (κ2) is 5.32. The van der Waals surface area contributed by atoms with E-state index in [1.165, 1.54) is 0 Å². The molecule has 0 aromatic rings. The molecule has 2 N–H and O–H groups in total. The van der Waals surface area contributed by atoms with Crippen LogP contribution in [0, 0.1) is 0 Å². The summed E-state index contributed by atoms with van der Waals surface area (Å²) in [6, 6.07) is 0. The molecule has 4 heteroatoms. The Hall–Kier alpha value is -0.610. The summed E-state index contributed by atoms with van der Waals surface area (Å²) in [6.45, 7) is 8.35. The van der Waals surface area contributed by atoms with Gasteiger partial charge in [-0.3, -0.25) is 4.79 Å². The monoisotopic (exact) mass is 202 g/mol. The third kappa shape index (κ3) is 4.07. The van der Waals surface area contributed by atoms with E-state index in [0.29, 0.717) is 6.54 Å². The maximum absolute atomic E-state index is 11.4. The van der Waals surface area contributed by atoms with Crippen LogP contribution in [0.3, 0.4) is 0 Å². The van der Waals surface area contributed by atoms with Crippen molar-refractivity contribution in [3.8, 4) is 0 Å². The summed E-state index contributed by atoms with van der Waals surface area (Å²) < 4.78 is 0. The largest absolute Gasteiger partial charge is 0.392 e. The molecule has 0 saturated heterocycles. The lowest BCUT2D eigenvalue weighted by Gasteiger charge is -2.30. The van der Waals surface area contributed by atoms with Gasteiger partial charge in [-0.25, -0.2) is 0 Å². The Balaban J connectivity index is 4.00. The molecular weight excluding hydrogens is 180 g/mol. The van der Waals surface area contributed by atoms with Crippen LogP contribution in [0.15, 0.2) is 0 Å². The third-order valence-electron chi connectivity index (χ3n) is 2.64. The number of carbonyl (C=O) groups is 1. The van der Waals surface area contributed by atoms with Crippen molar-refractivity contribution >= 4 is 5.91 Å². The minimum Gasteiger partial charge on any atom is -0.392 e. The number of likely N-dealkylation sites (N-methyl/N-ethyl adjacent to an activating group) is 1. The summed E-state index contributed by atoms with van der Waals surface area (Å²) in [5.74, 6) is 0.0428. The fraction of sp³-hybridized carbons (Fsp3) is 0.900. The van der Waals surface area contributed by atoms with Crippen LogP contribution < -0.4 is 5.32 Å². The standard InChI is InChI=1S/C10H22N2O2/c1-6-12(5)9(14)7-11-10(3,4)8(2)13/h8,11,13H,6-7H2,1-5H3. The Morgan fingerprint density at radius 3 is 2.43 bits per heavy atom. The average Bonchev–Trinajstić information content (AvgIpc) is 2.12. The smallest absolute Gasteiger partial charge is 0.236 e. The van der Waals surface area contributed by atoms with E-state index in [9.17, 15) is 9.90 Å². The number of nitrogens with zero attached hydrogens (tertiary/aromatic N) is 1. The molecule has 14 heavy (non-hydrogen) atoms. The van der Waals surface area contributed by atoms with Crippen molar-refractivity contribution in [1.29, 1.82) is 0 Å². The number of nitrogens with one attached hydrogen (secondary N) is 1. The molecule has 84 valence electrons. The van der Waals surface area contributed by atoms with Crippen LogP contribution in [0.4, 0.5) is 0 Å². The van der Waals surface area contributed by atoms with E-state index < -0.39 is 11.6 Å². The predicted octanol–water partition coefficient (Wildman–Crippen LogP) is 0.214. The van der Waals surface area contributed by atoms with Crippen LogP contribution in [0.1, 0.15) is 27.7 Å². The molecule has 0 aliphatic heterocycles. The van der Waals surface area contributed by atoms with Gasteiger partial charge in [-0.15, -0.1) is 0 Å². The fourth-order valence-corrected chi connectivity index (χ4v) is 0.762. The van der Waals surface area contributed by atoms with E-state index >= 15 is 0 Å². The quantitative estimate of drug-likeness (QED) is 0.670. The molecule has 4 nitrogen and oxygen atoms in total. The van der Waals surface area contributed by atoms with Gasteiger partial charge in [0.2, 0.25) is 5.91 Å². The molecule has 0 aromatic heterocycles. The maximum atomic E-state index is 11.4. The van der Waals surface area contributed by atoms with Gasteiger partial charge in [0.25, 0.3) is 0 Å². The summed E-state index contributed by atoms with van der Waals surface area (Å²) in [5.41, 5.74) is -0.426. The van der Waals surface area contributed by atoms with Crippen molar-refractivity contribution in [2.45, 2.75) is 39.3 Å². The highest BCUT2D eigenvalue weighted by Gasteiger charge is 2.24. The molecule has 0 rings (SSSR count). The topological polar surface area (TPSA) is 52.6 Å². The van der Waals surface area contributed by atoms with Crippen LogP contribution in [-0.2, 0) is 4.79 Å². The Morgan fingerprint density at radius 1 is 1.57 bits per heavy atom. The van der Waals surface area contributed by atoms with E-state index in [1.807, 2.05) is 20.8 Å². The van der Waals surface area contributed by atoms with Crippen molar-refractivity contribution in [3.05, 3.63) is 0 Å². The first-order valence-corrected chi connectivity index (χ1v) is 4.98. The van der Waals surface area contributed by atoms with Crippen LogP contribution >= 0.6 is 0 Å². The SMILES string of the molecule is CCN(C)C(=O)CNC(C)(C)C(C)O. The number of hydrogen-bond acceptors (Lipinski definition) is 3. The van der Waals surface area contributed by atoms with Crippen molar-refractivity contribution < 1.29 is 9.90 Å². The molecule has 1 unspecified atom stereocenters. The van der Waals surface area contributed by atoms with E-state index in [-0.39, 0.29) is 12.5 Å². The number of aliphatic hydroxyl groups is 1. The Kier molecular flexibility index (Phi) is 5.08. The van der Waals surface area contributed by atoms with Gasteiger partial charge in [0.15, 0.2) is 0 Å². The fourth-order valence-electron chi connectivity index (χ4n) is 0.762. The molecule has 0 aliphatic rings. The molecule has 0 spiro atoms. The zero-order chi connectivity index (χ0) is 11.4. The Labute approximate surface area is 86.3 Å². The van der Waals surface area contributed by atoms with Gasteiger partial charge < -0.3 is 15.3 Å². The van der Waals surface area contributed by atoms with Crippen molar-refractivity contribution in [2.24, 2.45) is 0 Å². The first-order valence-electron chi connectivity index (χ1n) is 4.98. The van der Waals surface area contributed by atoms with Crippen LogP contribution in [0.5, 0.6) is 0 Å². The van der Waals surface area contributed by atoms with Gasteiger partial charge in [0.1, 0.15) is 0 Å². The molecule has 0 fully saturated rings. The first kappa shape index (κ1) is 13.4. The zero-order valence-corrected chi connectivity index (χ0v) is 9.79. The zero-order valence-electron chi connectivity index (χ0n) is 9.79. The summed E-state index contributed by atoms with van der Waals surface area (Å²) in [6.07, 6.45) is -0.484. The molecule has 1 atom stereocenters. The molecule has 1 amide bonds. The van der Waals surface area contributed by atoms with Crippen LogP contribution in [0.2, 0.25) is 0 Å². The van der Waals surface area contributed by atoms with Gasteiger partial charge in [-0.05, 0) is 27.7 Å². The van der Waals surface area contributed by atoms with Gasteiger partial charge >= 0.3 is 0 Å². The van der Waals surface area contributed by atoms with Crippen molar-refractivity contribution in [1.82, 2.24) is 10.2 Å². The number of amides is 1. The second-order valence-electron chi connectivity index (χ2n) is 4.16. The Bertz CT molecular complexity index is 191. The average molecular weight is 202 g/mol. The van der Waals surface area contributed by atoms with Crippen LogP contribution in [0.25, 0.3) is 0 Å². The number of hydrogen-bond donors (Lipinski definition) is 2. The maximum Gasteiger partial charge on any atom is 0.236 e. The van der Waals surface area contributed by atoms with Gasteiger partial charge in [0, 0.05) is 19.1 Å². The lowest BCUT2D eigenvalue weighted by Crippen LogP contribution is -2.51. The molecule has 0 saturated carbocycles. The molecule has 0 aliphatic carbocycles. The minimum atomic E-state index is -0.484. The second-order valence-corrected chi connectivity index (χ2v) is 4.16. The molecule has 0 radical (unpaired) electrons. The number of rotatable bonds is 5. The van der Waals surface area contributed by atoms with E-state index in [1.54, 1.807) is 18.9 Å². The molecule has 0 heterocycles. The van der Waals surface area contributed by atoms with Gasteiger partial charge in [0.05, 0.1) is 12.6 Å². The molecule has 0 bridgehead atoms. The minimum absolute atomic E-state index is 0.0428. The first-order chi connectivity index (χ1) is 6.31. The summed E-state index contributed by atoms with van der Waals surface area (Å²) >= 11 is 0. The van der Waals surface area contributed by atoms with Gasteiger partial charge in [-0.2, -0.15) is 0 Å². The van der Waals surface area contributed by atoms with E-state index in [0.717, 1.165) is 0 Å². The highest BCUT2D eigenvalue weighted by atomic mass is 16.3. The van der Waals surface area contributed by atoms with Crippen LogP contribution in [-0.4, -0.2) is 47.7 Å². The summed E-state index contributed by atoms with van der Waals surface area (Å²) in [5, 5.41) is 12.4.